The van der Waals surface area contributed by atoms with Crippen molar-refractivity contribution in [1.29, 1.82) is 0 Å². The highest BCUT2D eigenvalue weighted by atomic mass is 32.2. The highest BCUT2D eigenvalue weighted by Crippen LogP contribution is 2.31. The number of carbonyl (C=O) groups excluding carboxylic acids is 1. The Labute approximate surface area is 153 Å². The first kappa shape index (κ1) is 18.3. The molecule has 1 N–H and O–H groups in total. The molecular weight excluding hydrogens is 352 g/mol. The summed E-state index contributed by atoms with van der Waals surface area (Å²) in [7, 11) is -3.70. The molecule has 2 aromatic rings. The number of benzene rings is 2. The molecule has 1 heterocycles. The van der Waals surface area contributed by atoms with Crippen LogP contribution in [0.15, 0.2) is 47.4 Å². The molecular formula is C19H22N2O4S. The van der Waals surface area contributed by atoms with Crippen molar-refractivity contribution >= 4 is 27.3 Å². The summed E-state index contributed by atoms with van der Waals surface area (Å²) in [5.74, 6) is 0.644. The Morgan fingerprint density at radius 1 is 1.15 bits per heavy atom. The van der Waals surface area contributed by atoms with Crippen LogP contribution in [0.25, 0.3) is 0 Å². The molecule has 1 aliphatic heterocycles. The normalized spacial score (nSPS) is 13.6. The molecule has 2 aromatic carbocycles. The maximum Gasteiger partial charge on any atom is 0.261 e. The van der Waals surface area contributed by atoms with Crippen LogP contribution in [0.2, 0.25) is 0 Å². The van der Waals surface area contributed by atoms with E-state index in [1.54, 1.807) is 41.3 Å². The fraction of sp³-hybridized carbons (Fsp3) is 0.316. The summed E-state index contributed by atoms with van der Waals surface area (Å²) in [6, 6.07) is 11.6. The van der Waals surface area contributed by atoms with Crippen molar-refractivity contribution in [3.63, 3.8) is 0 Å². The molecule has 1 aliphatic rings. The number of sulfonamides is 1. The minimum absolute atomic E-state index is 0.0406. The van der Waals surface area contributed by atoms with Gasteiger partial charge in [0.2, 0.25) is 5.91 Å². The number of hydrogen-bond donors (Lipinski definition) is 1. The van der Waals surface area contributed by atoms with Gasteiger partial charge in [-0.15, -0.1) is 0 Å². The van der Waals surface area contributed by atoms with Gasteiger partial charge in [-0.05, 0) is 68.3 Å². The van der Waals surface area contributed by atoms with Gasteiger partial charge in [0.1, 0.15) is 5.75 Å². The fourth-order valence-corrected chi connectivity index (χ4v) is 4.07. The van der Waals surface area contributed by atoms with Crippen LogP contribution in [0.4, 0.5) is 11.4 Å². The predicted molar refractivity (Wildman–Crippen MR) is 101 cm³/mol. The van der Waals surface area contributed by atoms with Gasteiger partial charge in [-0.3, -0.25) is 9.52 Å². The number of fused-ring (bicyclic) bond motifs is 1. The lowest BCUT2D eigenvalue weighted by Crippen LogP contribution is -2.25. The van der Waals surface area contributed by atoms with Gasteiger partial charge in [0.05, 0.1) is 11.0 Å². The summed E-state index contributed by atoms with van der Waals surface area (Å²) in [5.41, 5.74) is 2.11. The molecule has 0 radical (unpaired) electrons. The average molecular weight is 374 g/mol. The molecule has 0 spiro atoms. The van der Waals surface area contributed by atoms with Crippen LogP contribution in [0, 0.1) is 0 Å². The van der Waals surface area contributed by atoms with E-state index in [0.29, 0.717) is 24.4 Å². The second kappa shape index (κ2) is 6.99. The standard InChI is InChI=1S/C19H22N2O4S/c1-13(2)25-17-6-4-16(5-7-17)20-26(23,24)18-8-9-19-15(12-18)10-11-21(19)14(3)22/h4-9,12-13,20H,10-11H2,1-3H3. The maximum atomic E-state index is 12.7. The number of nitrogens with one attached hydrogen (secondary N) is 1. The van der Waals surface area contributed by atoms with E-state index in [0.717, 1.165) is 11.3 Å². The zero-order valence-electron chi connectivity index (χ0n) is 15.0. The van der Waals surface area contributed by atoms with Crippen LogP contribution < -0.4 is 14.4 Å². The van der Waals surface area contributed by atoms with Gasteiger partial charge >= 0.3 is 0 Å². The average Bonchev–Trinajstić information content (AvgIpc) is 2.99. The summed E-state index contributed by atoms with van der Waals surface area (Å²) in [4.78, 5) is 13.5. The topological polar surface area (TPSA) is 75.7 Å². The predicted octanol–water partition coefficient (Wildman–Crippen LogP) is 3.18. The quantitative estimate of drug-likeness (QED) is 0.872. The minimum atomic E-state index is -3.70. The van der Waals surface area contributed by atoms with E-state index < -0.39 is 10.0 Å². The van der Waals surface area contributed by atoms with Crippen molar-refractivity contribution in [3.8, 4) is 5.75 Å². The van der Waals surface area contributed by atoms with Gasteiger partial charge in [-0.1, -0.05) is 0 Å². The molecule has 0 saturated carbocycles. The largest absolute Gasteiger partial charge is 0.491 e. The SMILES string of the molecule is CC(=O)N1CCc2cc(S(=O)(=O)Nc3ccc(OC(C)C)cc3)ccc21. The van der Waals surface area contributed by atoms with Crippen LogP contribution in [0.1, 0.15) is 26.3 Å². The number of anilines is 2. The lowest BCUT2D eigenvalue weighted by atomic mass is 10.2. The Balaban J connectivity index is 1.80. The first-order valence-corrected chi connectivity index (χ1v) is 9.95. The first-order valence-electron chi connectivity index (χ1n) is 8.47. The van der Waals surface area contributed by atoms with Crippen molar-refractivity contribution in [2.45, 2.75) is 38.2 Å². The number of hydrogen-bond acceptors (Lipinski definition) is 4. The summed E-state index contributed by atoms with van der Waals surface area (Å²) in [6.45, 7) is 5.95. The molecule has 3 rings (SSSR count). The summed E-state index contributed by atoms with van der Waals surface area (Å²) >= 11 is 0. The molecule has 0 aliphatic carbocycles. The van der Waals surface area contributed by atoms with Crippen LogP contribution in [-0.2, 0) is 21.2 Å². The lowest BCUT2D eigenvalue weighted by molar-refractivity contribution is -0.116. The minimum Gasteiger partial charge on any atom is -0.491 e. The second-order valence-corrected chi connectivity index (χ2v) is 8.19. The molecule has 7 heteroatoms. The fourth-order valence-electron chi connectivity index (χ4n) is 2.96. The zero-order valence-corrected chi connectivity index (χ0v) is 15.8. The Morgan fingerprint density at radius 2 is 1.85 bits per heavy atom. The van der Waals surface area contributed by atoms with Crippen molar-refractivity contribution < 1.29 is 17.9 Å². The van der Waals surface area contributed by atoms with Gasteiger partial charge < -0.3 is 9.64 Å². The first-order chi connectivity index (χ1) is 12.3. The van der Waals surface area contributed by atoms with Gasteiger partial charge in [-0.25, -0.2) is 8.42 Å². The molecule has 0 unspecified atom stereocenters. The monoisotopic (exact) mass is 374 g/mol. The number of ether oxygens (including phenoxy) is 1. The summed E-state index contributed by atoms with van der Waals surface area (Å²) in [6.07, 6.45) is 0.706. The van der Waals surface area contributed by atoms with E-state index in [1.807, 2.05) is 13.8 Å². The molecule has 0 bridgehead atoms. The Kier molecular flexibility index (Phi) is 4.91. The van der Waals surface area contributed by atoms with E-state index >= 15 is 0 Å². The van der Waals surface area contributed by atoms with Gasteiger partial charge in [-0.2, -0.15) is 0 Å². The maximum absolute atomic E-state index is 12.7. The Hall–Kier alpha value is -2.54. The van der Waals surface area contributed by atoms with Crippen LogP contribution in [-0.4, -0.2) is 27.0 Å². The molecule has 1 amide bonds. The summed E-state index contributed by atoms with van der Waals surface area (Å²) in [5, 5.41) is 0. The van der Waals surface area contributed by atoms with Crippen molar-refractivity contribution in [2.24, 2.45) is 0 Å². The Morgan fingerprint density at radius 3 is 2.46 bits per heavy atom. The van der Waals surface area contributed by atoms with Gasteiger partial charge in [0.15, 0.2) is 0 Å². The van der Waals surface area contributed by atoms with E-state index in [2.05, 4.69) is 4.72 Å². The van der Waals surface area contributed by atoms with E-state index in [4.69, 9.17) is 4.74 Å². The van der Waals surface area contributed by atoms with E-state index in [1.165, 1.54) is 13.0 Å². The molecule has 138 valence electrons. The van der Waals surface area contributed by atoms with Crippen molar-refractivity contribution in [3.05, 3.63) is 48.0 Å². The van der Waals surface area contributed by atoms with Crippen LogP contribution in [0.3, 0.4) is 0 Å². The highest BCUT2D eigenvalue weighted by molar-refractivity contribution is 7.92. The van der Waals surface area contributed by atoms with Crippen molar-refractivity contribution in [1.82, 2.24) is 0 Å². The summed E-state index contributed by atoms with van der Waals surface area (Å²) < 4.78 is 33.4. The number of nitrogens with zero attached hydrogens (tertiary/aromatic N) is 1. The molecule has 6 nitrogen and oxygen atoms in total. The third kappa shape index (κ3) is 3.83. The number of rotatable bonds is 5. The molecule has 0 saturated heterocycles. The van der Waals surface area contributed by atoms with Gasteiger partial charge in [0, 0.05) is 24.8 Å². The molecule has 0 atom stereocenters. The van der Waals surface area contributed by atoms with Crippen LogP contribution in [0.5, 0.6) is 5.75 Å². The molecule has 26 heavy (non-hydrogen) atoms. The van der Waals surface area contributed by atoms with Crippen LogP contribution >= 0.6 is 0 Å². The molecule has 0 fully saturated rings. The number of amides is 1. The lowest BCUT2D eigenvalue weighted by Gasteiger charge is -2.15. The van der Waals surface area contributed by atoms with E-state index in [-0.39, 0.29) is 16.9 Å². The Bertz CT molecular complexity index is 921. The zero-order chi connectivity index (χ0) is 18.9. The third-order valence-corrected chi connectivity index (χ3v) is 5.49. The molecule has 0 aromatic heterocycles. The highest BCUT2D eigenvalue weighted by Gasteiger charge is 2.24. The van der Waals surface area contributed by atoms with Gasteiger partial charge in [0.25, 0.3) is 10.0 Å². The second-order valence-electron chi connectivity index (χ2n) is 6.51. The smallest absolute Gasteiger partial charge is 0.261 e. The van der Waals surface area contributed by atoms with Crippen molar-refractivity contribution in [2.75, 3.05) is 16.2 Å². The number of carbonyl (C=O) groups is 1. The van der Waals surface area contributed by atoms with E-state index in [9.17, 15) is 13.2 Å². The third-order valence-electron chi connectivity index (χ3n) is 4.12.